The lowest BCUT2D eigenvalue weighted by atomic mass is 10.0. The van der Waals surface area contributed by atoms with Crippen LogP contribution in [0.5, 0.6) is 0 Å². The van der Waals surface area contributed by atoms with Crippen LogP contribution < -0.4 is 5.32 Å². The van der Waals surface area contributed by atoms with Crippen LogP contribution in [0.25, 0.3) is 0 Å². The SMILES string of the molecule is CC(Br)C(C)(C)NC(=O)c1c(F)cccc1Cl. The third kappa shape index (κ3) is 3.42. The van der Waals surface area contributed by atoms with E-state index in [4.69, 9.17) is 11.6 Å². The standard InChI is InChI=1S/C12H14BrClFNO/c1-7(13)12(2,3)16-11(17)10-8(14)5-4-6-9(10)15/h4-7H,1-3H3,(H,16,17). The molecule has 0 aliphatic carbocycles. The van der Waals surface area contributed by atoms with Gasteiger partial charge in [0.1, 0.15) is 5.82 Å². The molecule has 17 heavy (non-hydrogen) atoms. The minimum absolute atomic E-state index is 0.0458. The summed E-state index contributed by atoms with van der Waals surface area (Å²) >= 11 is 9.21. The number of benzene rings is 1. The first-order chi connectivity index (χ1) is 7.75. The van der Waals surface area contributed by atoms with Crippen molar-refractivity contribution >= 4 is 33.4 Å². The number of amides is 1. The molecule has 94 valence electrons. The maximum Gasteiger partial charge on any atom is 0.256 e. The summed E-state index contributed by atoms with van der Waals surface area (Å²) in [6, 6.07) is 4.17. The third-order valence-corrected chi connectivity index (χ3v) is 4.08. The van der Waals surface area contributed by atoms with Gasteiger partial charge in [-0.05, 0) is 26.0 Å². The highest BCUT2D eigenvalue weighted by Gasteiger charge is 2.28. The van der Waals surface area contributed by atoms with E-state index >= 15 is 0 Å². The van der Waals surface area contributed by atoms with Crippen LogP contribution in [-0.2, 0) is 0 Å². The average Bonchev–Trinajstić information content (AvgIpc) is 2.15. The van der Waals surface area contributed by atoms with Gasteiger partial charge in [0, 0.05) is 10.4 Å². The molecule has 0 radical (unpaired) electrons. The average molecular weight is 323 g/mol. The minimum atomic E-state index is -0.618. The summed E-state index contributed by atoms with van der Waals surface area (Å²) < 4.78 is 13.5. The molecule has 1 atom stereocenters. The van der Waals surface area contributed by atoms with Crippen LogP contribution in [0.4, 0.5) is 4.39 Å². The van der Waals surface area contributed by atoms with E-state index in [0.717, 1.165) is 0 Å². The molecule has 0 aliphatic heterocycles. The lowest BCUT2D eigenvalue weighted by Crippen LogP contribution is -2.49. The molecule has 0 saturated carbocycles. The molecule has 0 aliphatic rings. The number of rotatable bonds is 3. The van der Waals surface area contributed by atoms with Gasteiger partial charge in [-0.25, -0.2) is 4.39 Å². The first-order valence-corrected chi connectivity index (χ1v) is 6.45. The first-order valence-electron chi connectivity index (χ1n) is 5.16. The van der Waals surface area contributed by atoms with Gasteiger partial charge in [-0.15, -0.1) is 0 Å². The molecule has 1 rings (SSSR count). The Morgan fingerprint density at radius 2 is 2.12 bits per heavy atom. The lowest BCUT2D eigenvalue weighted by molar-refractivity contribution is 0.0910. The molecule has 0 bridgehead atoms. The van der Waals surface area contributed by atoms with Crippen molar-refractivity contribution in [2.45, 2.75) is 31.1 Å². The second-order valence-corrected chi connectivity index (χ2v) is 6.17. The highest BCUT2D eigenvalue weighted by molar-refractivity contribution is 9.09. The fourth-order valence-corrected chi connectivity index (χ4v) is 1.53. The molecule has 1 amide bonds. The Hall–Kier alpha value is -0.610. The molecule has 0 heterocycles. The van der Waals surface area contributed by atoms with Crippen molar-refractivity contribution in [3.8, 4) is 0 Å². The largest absolute Gasteiger partial charge is 0.346 e. The summed E-state index contributed by atoms with van der Waals surface area (Å²) in [6.45, 7) is 5.60. The van der Waals surface area contributed by atoms with Crippen molar-refractivity contribution in [3.05, 3.63) is 34.6 Å². The van der Waals surface area contributed by atoms with Crippen LogP contribution >= 0.6 is 27.5 Å². The van der Waals surface area contributed by atoms with Crippen LogP contribution in [0.1, 0.15) is 31.1 Å². The summed E-state index contributed by atoms with van der Waals surface area (Å²) in [5.74, 6) is -1.13. The number of hydrogen-bond acceptors (Lipinski definition) is 1. The van der Waals surface area contributed by atoms with Gasteiger partial charge < -0.3 is 5.32 Å². The molecule has 5 heteroatoms. The van der Waals surface area contributed by atoms with E-state index in [9.17, 15) is 9.18 Å². The van der Waals surface area contributed by atoms with E-state index < -0.39 is 17.3 Å². The van der Waals surface area contributed by atoms with Gasteiger partial charge >= 0.3 is 0 Å². The van der Waals surface area contributed by atoms with Crippen LogP contribution in [0, 0.1) is 5.82 Å². The second-order valence-electron chi connectivity index (χ2n) is 4.39. The van der Waals surface area contributed by atoms with Crippen molar-refractivity contribution in [2.24, 2.45) is 0 Å². The Kier molecular flexibility index (Phi) is 4.55. The first kappa shape index (κ1) is 14.5. The van der Waals surface area contributed by atoms with E-state index in [0.29, 0.717) is 0 Å². The molecular weight excluding hydrogens is 308 g/mol. The Morgan fingerprint density at radius 3 is 2.59 bits per heavy atom. The highest BCUT2D eigenvalue weighted by Crippen LogP contribution is 2.22. The maximum atomic E-state index is 13.5. The van der Waals surface area contributed by atoms with E-state index in [1.807, 2.05) is 20.8 Å². The molecule has 1 N–H and O–H groups in total. The monoisotopic (exact) mass is 321 g/mol. The lowest BCUT2D eigenvalue weighted by Gasteiger charge is -2.29. The van der Waals surface area contributed by atoms with Gasteiger partial charge in [-0.2, -0.15) is 0 Å². The summed E-state index contributed by atoms with van der Waals surface area (Å²) in [4.78, 5) is 12.0. The van der Waals surface area contributed by atoms with E-state index in [2.05, 4.69) is 21.2 Å². The smallest absolute Gasteiger partial charge is 0.256 e. The van der Waals surface area contributed by atoms with Crippen LogP contribution in [0.15, 0.2) is 18.2 Å². The van der Waals surface area contributed by atoms with Crippen molar-refractivity contribution in [3.63, 3.8) is 0 Å². The normalized spacial score (nSPS) is 13.3. The number of carbonyl (C=O) groups is 1. The third-order valence-electron chi connectivity index (χ3n) is 2.62. The number of hydrogen-bond donors (Lipinski definition) is 1. The predicted molar refractivity (Wildman–Crippen MR) is 71.3 cm³/mol. The van der Waals surface area contributed by atoms with E-state index in [1.54, 1.807) is 0 Å². The van der Waals surface area contributed by atoms with Gasteiger partial charge in [-0.3, -0.25) is 4.79 Å². The molecule has 0 aromatic heterocycles. The molecule has 1 aromatic rings. The molecule has 0 spiro atoms. The van der Waals surface area contributed by atoms with Crippen LogP contribution in [0.3, 0.4) is 0 Å². The fourth-order valence-electron chi connectivity index (χ4n) is 1.17. The van der Waals surface area contributed by atoms with Crippen molar-refractivity contribution < 1.29 is 9.18 Å². The van der Waals surface area contributed by atoms with Crippen molar-refractivity contribution in [1.82, 2.24) is 5.32 Å². The van der Waals surface area contributed by atoms with Crippen molar-refractivity contribution in [1.29, 1.82) is 0 Å². The molecule has 1 unspecified atom stereocenters. The van der Waals surface area contributed by atoms with Gasteiger partial charge in [0.05, 0.1) is 10.6 Å². The van der Waals surface area contributed by atoms with Crippen molar-refractivity contribution in [2.75, 3.05) is 0 Å². The zero-order valence-electron chi connectivity index (χ0n) is 9.85. The summed E-state index contributed by atoms with van der Waals surface area (Å²) in [5.41, 5.74) is -0.613. The fraction of sp³-hybridized carbons (Fsp3) is 0.417. The summed E-state index contributed by atoms with van der Waals surface area (Å²) in [7, 11) is 0. The number of nitrogens with one attached hydrogen (secondary N) is 1. The Balaban J connectivity index is 2.99. The quantitative estimate of drug-likeness (QED) is 0.843. The van der Waals surface area contributed by atoms with Crippen LogP contribution in [-0.4, -0.2) is 16.3 Å². The second kappa shape index (κ2) is 5.36. The zero-order valence-corrected chi connectivity index (χ0v) is 12.2. The zero-order chi connectivity index (χ0) is 13.2. The maximum absolute atomic E-state index is 13.5. The van der Waals surface area contributed by atoms with Crippen LogP contribution in [0.2, 0.25) is 5.02 Å². The van der Waals surface area contributed by atoms with Gasteiger partial charge in [-0.1, -0.05) is 40.5 Å². The predicted octanol–water partition coefficient (Wildman–Crippen LogP) is 3.77. The van der Waals surface area contributed by atoms with E-state index in [-0.39, 0.29) is 15.4 Å². The van der Waals surface area contributed by atoms with Gasteiger partial charge in [0.25, 0.3) is 5.91 Å². The minimum Gasteiger partial charge on any atom is -0.346 e. The summed E-state index contributed by atoms with van der Waals surface area (Å²) in [6.07, 6.45) is 0. The highest BCUT2D eigenvalue weighted by atomic mass is 79.9. The Morgan fingerprint density at radius 1 is 1.53 bits per heavy atom. The molecule has 1 aromatic carbocycles. The van der Waals surface area contributed by atoms with E-state index in [1.165, 1.54) is 18.2 Å². The van der Waals surface area contributed by atoms with Gasteiger partial charge in [0.2, 0.25) is 0 Å². The summed E-state index contributed by atoms with van der Waals surface area (Å²) in [5, 5.41) is 2.86. The molecule has 2 nitrogen and oxygen atoms in total. The number of halogens is 3. The topological polar surface area (TPSA) is 29.1 Å². The molecule has 0 saturated heterocycles. The Labute approximate surface area is 114 Å². The Bertz CT molecular complexity index is 414. The molecule has 0 fully saturated rings. The number of alkyl halides is 1. The number of carbonyl (C=O) groups excluding carboxylic acids is 1. The molecular formula is C12H14BrClFNO. The van der Waals surface area contributed by atoms with Gasteiger partial charge in [0.15, 0.2) is 0 Å².